The van der Waals surface area contributed by atoms with Gasteiger partial charge in [0.25, 0.3) is 5.56 Å². The van der Waals surface area contributed by atoms with Crippen LogP contribution in [0.2, 0.25) is 0 Å². The summed E-state index contributed by atoms with van der Waals surface area (Å²) in [4.78, 5) is 28.1. The van der Waals surface area contributed by atoms with Crippen molar-refractivity contribution in [1.82, 2.24) is 9.55 Å². The Bertz CT molecular complexity index is 695. The van der Waals surface area contributed by atoms with Crippen molar-refractivity contribution in [3.05, 3.63) is 21.8 Å². The van der Waals surface area contributed by atoms with E-state index in [1.165, 1.54) is 23.1 Å². The van der Waals surface area contributed by atoms with Crippen LogP contribution in [0.25, 0.3) is 10.2 Å². The van der Waals surface area contributed by atoms with Crippen LogP contribution in [-0.4, -0.2) is 27.7 Å². The topological polar surface area (TPSA) is 70.4 Å². The lowest BCUT2D eigenvalue weighted by Crippen LogP contribution is -2.23. The van der Waals surface area contributed by atoms with E-state index in [0.717, 1.165) is 0 Å². The van der Waals surface area contributed by atoms with Gasteiger partial charge in [-0.25, -0.2) is 9.78 Å². The highest BCUT2D eigenvalue weighted by atomic mass is 32.2. The number of aromatic nitrogens is 2. The molecule has 0 unspecified atom stereocenters. The zero-order chi connectivity index (χ0) is 15.4. The molecular weight excluding hydrogens is 312 g/mol. The molecule has 1 atom stereocenters. The van der Waals surface area contributed by atoms with Gasteiger partial charge in [-0.3, -0.25) is 9.36 Å². The SMILES string of the molecule is CCOC(=O)O[C@H](C)Sc1nc2ccsc2c(=O)n1CC. The third-order valence-electron chi connectivity index (χ3n) is 2.64. The van der Waals surface area contributed by atoms with Crippen LogP contribution >= 0.6 is 23.1 Å². The molecule has 0 bridgehead atoms. The van der Waals surface area contributed by atoms with Crippen molar-refractivity contribution in [3.8, 4) is 0 Å². The Morgan fingerprint density at radius 2 is 2.29 bits per heavy atom. The second-order valence-electron chi connectivity index (χ2n) is 4.07. The molecule has 6 nitrogen and oxygen atoms in total. The summed E-state index contributed by atoms with van der Waals surface area (Å²) >= 11 is 2.59. The monoisotopic (exact) mass is 328 g/mol. The van der Waals surface area contributed by atoms with Gasteiger partial charge in [0.2, 0.25) is 0 Å². The molecule has 2 aromatic heterocycles. The average Bonchev–Trinajstić information content (AvgIpc) is 2.87. The van der Waals surface area contributed by atoms with Crippen LogP contribution in [0, 0.1) is 0 Å². The zero-order valence-electron chi connectivity index (χ0n) is 12.0. The van der Waals surface area contributed by atoms with Gasteiger partial charge in [-0.15, -0.1) is 11.3 Å². The number of thioether (sulfide) groups is 1. The van der Waals surface area contributed by atoms with Crippen LogP contribution < -0.4 is 5.56 Å². The molecule has 0 aliphatic heterocycles. The summed E-state index contributed by atoms with van der Waals surface area (Å²) in [5.74, 6) is 0. The molecule has 0 N–H and O–H groups in total. The average molecular weight is 328 g/mol. The van der Waals surface area contributed by atoms with Crippen molar-refractivity contribution >= 4 is 39.5 Å². The molecule has 2 rings (SSSR count). The fraction of sp³-hybridized carbons (Fsp3) is 0.462. The molecule has 114 valence electrons. The molecule has 0 aliphatic rings. The molecule has 8 heteroatoms. The summed E-state index contributed by atoms with van der Waals surface area (Å²) in [6.45, 7) is 6.07. The smallest absolute Gasteiger partial charge is 0.435 e. The molecule has 2 aromatic rings. The maximum absolute atomic E-state index is 12.3. The summed E-state index contributed by atoms with van der Waals surface area (Å²) in [5.41, 5.74) is 0.105. The molecule has 2 heterocycles. The molecule has 0 saturated heterocycles. The predicted octanol–water partition coefficient (Wildman–Crippen LogP) is 3.09. The van der Waals surface area contributed by atoms with Gasteiger partial charge in [-0.1, -0.05) is 0 Å². The number of carbonyl (C=O) groups is 1. The van der Waals surface area contributed by atoms with E-state index in [0.29, 0.717) is 21.9 Å². The van der Waals surface area contributed by atoms with E-state index in [9.17, 15) is 9.59 Å². The summed E-state index contributed by atoms with van der Waals surface area (Å²) < 4.78 is 12.0. The standard InChI is InChI=1S/C13H16N2O4S2/c1-4-15-11(16)10-9(6-7-20-10)14-12(15)21-8(3)19-13(17)18-5-2/h6-8H,4-5H2,1-3H3/t8-/m0/s1. The zero-order valence-corrected chi connectivity index (χ0v) is 13.6. The van der Waals surface area contributed by atoms with Gasteiger partial charge in [-0.05, 0) is 44.0 Å². The summed E-state index contributed by atoms with van der Waals surface area (Å²) in [6.07, 6.45) is -0.723. The Morgan fingerprint density at radius 3 is 2.95 bits per heavy atom. The molecule has 0 spiro atoms. The Balaban J connectivity index is 2.25. The van der Waals surface area contributed by atoms with Gasteiger partial charge in [-0.2, -0.15) is 0 Å². The van der Waals surface area contributed by atoms with E-state index < -0.39 is 11.6 Å². The minimum atomic E-state index is -0.723. The first kappa shape index (κ1) is 15.8. The maximum Gasteiger partial charge on any atom is 0.509 e. The Kier molecular flexibility index (Phi) is 5.24. The Morgan fingerprint density at radius 1 is 1.52 bits per heavy atom. The van der Waals surface area contributed by atoms with E-state index in [2.05, 4.69) is 4.98 Å². The van der Waals surface area contributed by atoms with E-state index in [4.69, 9.17) is 9.47 Å². The summed E-state index contributed by atoms with van der Waals surface area (Å²) in [6, 6.07) is 1.81. The van der Waals surface area contributed by atoms with Crippen molar-refractivity contribution in [1.29, 1.82) is 0 Å². The van der Waals surface area contributed by atoms with E-state index in [1.807, 2.05) is 18.4 Å². The summed E-state index contributed by atoms with van der Waals surface area (Å²) in [7, 11) is 0. The number of fused-ring (bicyclic) bond motifs is 1. The van der Waals surface area contributed by atoms with Crippen LogP contribution in [-0.2, 0) is 16.0 Å². The molecular formula is C13H16N2O4S2. The highest BCUT2D eigenvalue weighted by molar-refractivity contribution is 7.99. The van der Waals surface area contributed by atoms with Gasteiger partial charge in [0.05, 0.1) is 12.1 Å². The number of rotatable bonds is 5. The maximum atomic E-state index is 12.3. The van der Waals surface area contributed by atoms with Crippen molar-refractivity contribution in [2.75, 3.05) is 6.61 Å². The lowest BCUT2D eigenvalue weighted by molar-refractivity contribution is 0.0550. The fourth-order valence-electron chi connectivity index (χ4n) is 1.75. The van der Waals surface area contributed by atoms with Gasteiger partial charge in [0.1, 0.15) is 4.70 Å². The highest BCUT2D eigenvalue weighted by Gasteiger charge is 2.17. The third kappa shape index (κ3) is 3.56. The molecule has 0 saturated carbocycles. The van der Waals surface area contributed by atoms with Crippen molar-refractivity contribution in [2.24, 2.45) is 0 Å². The molecule has 0 aromatic carbocycles. The predicted molar refractivity (Wildman–Crippen MR) is 83.0 cm³/mol. The van der Waals surface area contributed by atoms with Crippen LogP contribution in [0.5, 0.6) is 0 Å². The van der Waals surface area contributed by atoms with Crippen molar-refractivity contribution in [2.45, 2.75) is 37.9 Å². The van der Waals surface area contributed by atoms with Crippen LogP contribution in [0.1, 0.15) is 20.8 Å². The number of thiophene rings is 1. The minimum Gasteiger partial charge on any atom is -0.435 e. The first-order valence-electron chi connectivity index (χ1n) is 6.54. The van der Waals surface area contributed by atoms with E-state index >= 15 is 0 Å². The van der Waals surface area contributed by atoms with Gasteiger partial charge >= 0.3 is 6.16 Å². The highest BCUT2D eigenvalue weighted by Crippen LogP contribution is 2.24. The number of carbonyl (C=O) groups excluding carboxylic acids is 1. The number of hydrogen-bond donors (Lipinski definition) is 0. The number of hydrogen-bond acceptors (Lipinski definition) is 7. The normalized spacial score (nSPS) is 12.3. The Labute approximate surface area is 130 Å². The van der Waals surface area contributed by atoms with Crippen molar-refractivity contribution in [3.63, 3.8) is 0 Å². The van der Waals surface area contributed by atoms with E-state index in [1.54, 1.807) is 18.4 Å². The van der Waals surface area contributed by atoms with Crippen LogP contribution in [0.4, 0.5) is 4.79 Å². The van der Waals surface area contributed by atoms with Crippen LogP contribution in [0.15, 0.2) is 21.4 Å². The van der Waals surface area contributed by atoms with Crippen LogP contribution in [0.3, 0.4) is 0 Å². The van der Waals surface area contributed by atoms with Gasteiger partial charge in [0.15, 0.2) is 10.6 Å². The Hall–Kier alpha value is -1.54. The second kappa shape index (κ2) is 6.95. The molecule has 0 fully saturated rings. The first-order chi connectivity index (χ1) is 10.1. The summed E-state index contributed by atoms with van der Waals surface area (Å²) in [5, 5.41) is 2.37. The number of ether oxygens (including phenoxy) is 2. The number of nitrogens with zero attached hydrogens (tertiary/aromatic N) is 2. The van der Waals surface area contributed by atoms with Gasteiger partial charge in [0, 0.05) is 6.54 Å². The lowest BCUT2D eigenvalue weighted by Gasteiger charge is -2.14. The fourth-order valence-corrected chi connectivity index (χ4v) is 3.44. The largest absolute Gasteiger partial charge is 0.509 e. The first-order valence-corrected chi connectivity index (χ1v) is 8.30. The molecule has 0 aliphatic carbocycles. The molecule has 21 heavy (non-hydrogen) atoms. The third-order valence-corrected chi connectivity index (χ3v) is 4.49. The molecule has 0 radical (unpaired) electrons. The molecule has 0 amide bonds. The lowest BCUT2D eigenvalue weighted by atomic mass is 10.5. The minimum absolute atomic E-state index is 0.0664. The second-order valence-corrected chi connectivity index (χ2v) is 6.25. The quantitative estimate of drug-likeness (QED) is 0.363. The van der Waals surface area contributed by atoms with E-state index in [-0.39, 0.29) is 12.2 Å². The van der Waals surface area contributed by atoms with Crippen molar-refractivity contribution < 1.29 is 14.3 Å². The van der Waals surface area contributed by atoms with Gasteiger partial charge < -0.3 is 9.47 Å².